The Bertz CT molecular complexity index is 450. The minimum Gasteiger partial charge on any atom is -0.464 e. The predicted molar refractivity (Wildman–Crippen MR) is 79.9 cm³/mol. The van der Waals surface area contributed by atoms with Gasteiger partial charge in [-0.1, -0.05) is 11.6 Å². The van der Waals surface area contributed by atoms with Crippen LogP contribution in [0.5, 0.6) is 0 Å². The normalized spacial score (nSPS) is 17.0. The van der Waals surface area contributed by atoms with E-state index in [0.29, 0.717) is 0 Å². The van der Waals surface area contributed by atoms with Gasteiger partial charge in [-0.25, -0.2) is 9.59 Å². The summed E-state index contributed by atoms with van der Waals surface area (Å²) in [7, 11) is -5.42. The first-order valence-corrected chi connectivity index (χ1v) is 8.96. The molecule has 0 aliphatic rings. The molecule has 0 aromatic carbocycles. The fourth-order valence-electron chi connectivity index (χ4n) is 1.76. The Morgan fingerprint density at radius 1 is 1.13 bits per heavy atom. The molecule has 23 heavy (non-hydrogen) atoms. The van der Waals surface area contributed by atoms with E-state index in [1.807, 2.05) is 0 Å². The summed E-state index contributed by atoms with van der Waals surface area (Å²) in [5, 5.41) is -3.06. The van der Waals surface area contributed by atoms with Crippen LogP contribution in [0.4, 0.5) is 0 Å². The molecule has 0 rings (SSSR count). The lowest BCUT2D eigenvalue weighted by Crippen LogP contribution is -2.58. The number of carbonyl (C=O) groups is 2. The Kier molecular flexibility index (Phi) is 9.27. The highest BCUT2D eigenvalue weighted by Gasteiger charge is 2.66. The zero-order valence-corrected chi connectivity index (χ0v) is 15.0. The van der Waals surface area contributed by atoms with E-state index < -0.39 is 36.5 Å². The summed E-state index contributed by atoms with van der Waals surface area (Å²) >= 11 is 5.66. The Morgan fingerprint density at radius 3 is 2.00 bits per heavy atom. The maximum atomic E-state index is 12.3. The first-order chi connectivity index (χ1) is 10.6. The van der Waals surface area contributed by atoms with Crippen molar-refractivity contribution in [2.75, 3.05) is 19.8 Å². The molecule has 0 amide bonds. The van der Waals surface area contributed by atoms with Gasteiger partial charge in [-0.15, -0.1) is 0 Å². The third kappa shape index (κ3) is 5.41. The number of halogens is 1. The fraction of sp³-hybridized carbons (Fsp3) is 0.833. The largest absolute Gasteiger partial charge is 0.464 e. The summed E-state index contributed by atoms with van der Waals surface area (Å²) in [5.41, 5.74) is -1.33. The average Bonchev–Trinajstić information content (AvgIpc) is 2.41. The third-order valence-electron chi connectivity index (χ3n) is 2.53. The smallest absolute Gasteiger partial charge is 0.372 e. The maximum Gasteiger partial charge on any atom is 0.372 e. The molecule has 0 aromatic heterocycles. The van der Waals surface area contributed by atoms with Gasteiger partial charge >= 0.3 is 24.9 Å². The molecule has 0 aromatic rings. The maximum absolute atomic E-state index is 12.3. The van der Waals surface area contributed by atoms with E-state index in [0.717, 1.165) is 0 Å². The summed E-state index contributed by atoms with van der Waals surface area (Å²) < 4.78 is 31.5. The predicted octanol–water partition coefficient (Wildman–Crippen LogP) is 0.993. The van der Waals surface area contributed by atoms with Gasteiger partial charge in [0.15, 0.2) is 0 Å². The van der Waals surface area contributed by atoms with Crippen LogP contribution in [0.2, 0.25) is 0 Å². The van der Waals surface area contributed by atoms with Crippen molar-refractivity contribution in [3.05, 3.63) is 0 Å². The molecule has 0 heterocycles. The molecule has 2 N–H and O–H groups in total. The van der Waals surface area contributed by atoms with Gasteiger partial charge < -0.3 is 28.7 Å². The second kappa shape index (κ2) is 9.56. The van der Waals surface area contributed by atoms with Crippen LogP contribution in [0.1, 0.15) is 27.7 Å². The van der Waals surface area contributed by atoms with Gasteiger partial charge in [0.25, 0.3) is 0 Å². The number of ether oxygens (including phenoxy) is 4. The monoisotopic (exact) mass is 376 g/mol. The van der Waals surface area contributed by atoms with Crippen molar-refractivity contribution < 1.29 is 42.9 Å². The van der Waals surface area contributed by atoms with Crippen molar-refractivity contribution >= 4 is 31.1 Å². The van der Waals surface area contributed by atoms with Crippen LogP contribution in [0, 0.1) is 0 Å². The minimum atomic E-state index is -5.42. The van der Waals surface area contributed by atoms with Crippen molar-refractivity contribution in [2.45, 2.75) is 44.7 Å². The van der Waals surface area contributed by atoms with Crippen molar-refractivity contribution in [3.8, 4) is 0 Å². The lowest BCUT2D eigenvalue weighted by Gasteiger charge is -2.36. The van der Waals surface area contributed by atoms with E-state index >= 15 is 0 Å². The Morgan fingerprint density at radius 2 is 1.65 bits per heavy atom. The lowest BCUT2D eigenvalue weighted by molar-refractivity contribution is -0.194. The summed E-state index contributed by atoms with van der Waals surface area (Å²) in [5.74, 6) is -2.64. The van der Waals surface area contributed by atoms with Gasteiger partial charge in [-0.2, -0.15) is 0 Å². The van der Waals surface area contributed by atoms with Crippen molar-refractivity contribution in [1.82, 2.24) is 0 Å². The Labute approximate surface area is 139 Å². The summed E-state index contributed by atoms with van der Waals surface area (Å²) in [6.07, 6.45) is -2.05. The molecule has 3 atom stereocenters. The van der Waals surface area contributed by atoms with Crippen LogP contribution in [0.3, 0.4) is 0 Å². The molecule has 0 aliphatic carbocycles. The van der Waals surface area contributed by atoms with Gasteiger partial charge in [0.1, 0.15) is 5.56 Å². The highest BCUT2D eigenvalue weighted by molar-refractivity contribution is 7.54. The van der Waals surface area contributed by atoms with E-state index in [4.69, 9.17) is 25.8 Å². The van der Waals surface area contributed by atoms with Gasteiger partial charge in [0.05, 0.1) is 13.2 Å². The molecule has 0 spiro atoms. The fourth-order valence-corrected chi connectivity index (χ4v) is 3.05. The van der Waals surface area contributed by atoms with Crippen LogP contribution in [-0.4, -0.2) is 58.6 Å². The van der Waals surface area contributed by atoms with E-state index in [2.05, 4.69) is 4.74 Å². The van der Waals surface area contributed by atoms with Crippen LogP contribution in [0.25, 0.3) is 0 Å². The van der Waals surface area contributed by atoms with Crippen LogP contribution in [-0.2, 0) is 33.1 Å². The van der Waals surface area contributed by atoms with Crippen LogP contribution in [0.15, 0.2) is 0 Å². The molecule has 3 unspecified atom stereocenters. The zero-order valence-electron chi connectivity index (χ0n) is 13.4. The van der Waals surface area contributed by atoms with Crippen molar-refractivity contribution in [2.24, 2.45) is 0 Å². The first-order valence-electron chi connectivity index (χ1n) is 6.91. The van der Waals surface area contributed by atoms with Crippen molar-refractivity contribution in [1.29, 1.82) is 0 Å². The minimum absolute atomic E-state index is 0.0983. The summed E-state index contributed by atoms with van der Waals surface area (Å²) in [6.45, 7) is 5.14. The summed E-state index contributed by atoms with van der Waals surface area (Å²) in [4.78, 5) is 43.8. The third-order valence-corrected chi connectivity index (χ3v) is 4.01. The number of hydrogen-bond donors (Lipinski definition) is 2. The van der Waals surface area contributed by atoms with Gasteiger partial charge in [-0.3, -0.25) is 4.57 Å². The van der Waals surface area contributed by atoms with E-state index in [-0.39, 0.29) is 19.8 Å². The Hall–Kier alpha value is -0.700. The standard InChI is InChI=1S/C12H22ClO9P/c1-5-19-9(10(14)20-6-2)12(22-8(4)13,23(16,17)18)11(15)21-7-3/h8-9H,5-7H2,1-4H3,(H2,16,17,18). The van der Waals surface area contributed by atoms with E-state index in [9.17, 15) is 23.9 Å². The molecule has 0 saturated carbocycles. The second-order valence-electron chi connectivity index (χ2n) is 4.21. The molecule has 9 nitrogen and oxygen atoms in total. The van der Waals surface area contributed by atoms with Gasteiger partial charge in [-0.05, 0) is 27.7 Å². The molecule has 0 aliphatic heterocycles. The molecular weight excluding hydrogens is 355 g/mol. The highest BCUT2D eigenvalue weighted by atomic mass is 35.5. The average molecular weight is 377 g/mol. The molecule has 11 heteroatoms. The van der Waals surface area contributed by atoms with Crippen LogP contribution < -0.4 is 0 Å². The SMILES string of the molecule is CCOC(=O)C(OCC)C(OC(C)Cl)(C(=O)OCC)P(=O)(O)O. The molecular formula is C12H22ClO9P. The van der Waals surface area contributed by atoms with Gasteiger partial charge in [0, 0.05) is 6.61 Å². The number of carbonyl (C=O) groups excluding carboxylic acids is 2. The molecule has 0 radical (unpaired) electrons. The zero-order chi connectivity index (χ0) is 18.3. The quantitative estimate of drug-likeness (QED) is 0.326. The molecule has 0 fully saturated rings. The number of rotatable bonds is 10. The van der Waals surface area contributed by atoms with Gasteiger partial charge in [0.2, 0.25) is 6.10 Å². The number of hydrogen-bond acceptors (Lipinski definition) is 7. The topological polar surface area (TPSA) is 129 Å². The first kappa shape index (κ1) is 22.3. The summed E-state index contributed by atoms with van der Waals surface area (Å²) in [6, 6.07) is 0. The van der Waals surface area contributed by atoms with E-state index in [1.54, 1.807) is 0 Å². The van der Waals surface area contributed by atoms with E-state index in [1.165, 1.54) is 27.7 Å². The lowest BCUT2D eigenvalue weighted by atomic mass is 10.2. The van der Waals surface area contributed by atoms with Crippen molar-refractivity contribution in [3.63, 3.8) is 0 Å². The molecule has 0 bridgehead atoms. The Balaban J connectivity index is 6.25. The highest BCUT2D eigenvalue weighted by Crippen LogP contribution is 2.55. The molecule has 136 valence electrons. The second-order valence-corrected chi connectivity index (χ2v) is 6.58. The number of alkyl halides is 1. The molecule has 0 saturated heterocycles. The number of esters is 2. The van der Waals surface area contributed by atoms with Crippen LogP contribution >= 0.6 is 19.2 Å².